The van der Waals surface area contributed by atoms with Crippen LogP contribution in [0.3, 0.4) is 0 Å². The molecule has 60 valence electrons. The molecule has 7 heteroatoms. The minimum atomic E-state index is 0. The first kappa shape index (κ1) is 30.6. The maximum Gasteiger partial charge on any atom is 1.00 e. The molecular formula is C3H12NNaO3S2. The number of hydrogen-bond donors (Lipinski definition) is 1. The number of rotatable bonds is 1. The maximum absolute atomic E-state index is 4.50. The molecule has 0 amide bonds. The molecule has 0 aromatic heterocycles. The first-order valence-electron chi connectivity index (χ1n) is 1.72. The zero-order valence-electron chi connectivity index (χ0n) is 6.02. The van der Waals surface area contributed by atoms with E-state index in [0.29, 0.717) is 4.32 Å². The first-order chi connectivity index (χ1) is 2.77. The van der Waals surface area contributed by atoms with Gasteiger partial charge in [-0.25, -0.2) is 0 Å². The molecule has 0 radical (unpaired) electrons. The summed E-state index contributed by atoms with van der Waals surface area (Å²) in [5.74, 6) is 0. The molecule has 0 heterocycles. The molecule has 0 saturated carbocycles. The van der Waals surface area contributed by atoms with Crippen LogP contribution in [0.2, 0.25) is 0 Å². The van der Waals surface area contributed by atoms with Crippen molar-refractivity contribution in [1.82, 2.24) is 5.32 Å². The van der Waals surface area contributed by atoms with Gasteiger partial charge in [0.25, 0.3) is 0 Å². The Bertz CT molecular complexity index is 65.7. The van der Waals surface area contributed by atoms with E-state index >= 15 is 0 Å². The van der Waals surface area contributed by atoms with Crippen LogP contribution < -0.4 is 34.9 Å². The van der Waals surface area contributed by atoms with Crippen molar-refractivity contribution in [3.05, 3.63) is 0 Å². The average molecular weight is 197 g/mol. The molecular weight excluding hydrogens is 185 g/mol. The summed E-state index contributed by atoms with van der Waals surface area (Å²) in [7, 11) is 0. The van der Waals surface area contributed by atoms with Gasteiger partial charge < -0.3 is 46.6 Å². The molecule has 0 spiro atoms. The molecule has 0 bridgehead atoms. The third-order valence-electron chi connectivity index (χ3n) is 0.321. The molecule has 4 nitrogen and oxygen atoms in total. The van der Waals surface area contributed by atoms with Crippen molar-refractivity contribution in [2.45, 2.75) is 6.92 Å². The van der Waals surface area contributed by atoms with Crippen LogP contribution in [0.1, 0.15) is 6.92 Å². The number of thiocarbonyl (C=S) groups is 1. The smallest absolute Gasteiger partial charge is 0.412 e. The van der Waals surface area contributed by atoms with Gasteiger partial charge in [0, 0.05) is 6.54 Å². The Labute approximate surface area is 93.4 Å². The standard InChI is InChI=1S/C3H7NS2.Na.3H2O/c1-2-4-3(5)6;;;;/h2H2,1H3,(H2,4,5,6);;3*1H2/q;+1;;;/p-1. The molecule has 10 heavy (non-hydrogen) atoms. The van der Waals surface area contributed by atoms with Gasteiger partial charge in [0.1, 0.15) is 0 Å². The van der Waals surface area contributed by atoms with Gasteiger partial charge in [-0.05, 0) is 6.92 Å². The van der Waals surface area contributed by atoms with E-state index in [-0.39, 0.29) is 46.0 Å². The first-order valence-corrected chi connectivity index (χ1v) is 2.54. The predicted molar refractivity (Wildman–Crippen MR) is 44.5 cm³/mol. The Morgan fingerprint density at radius 1 is 1.40 bits per heavy atom. The van der Waals surface area contributed by atoms with Crippen LogP contribution in [0.5, 0.6) is 0 Å². The van der Waals surface area contributed by atoms with E-state index in [1.807, 2.05) is 6.92 Å². The van der Waals surface area contributed by atoms with Crippen LogP contribution in [0.4, 0.5) is 0 Å². The predicted octanol–water partition coefficient (Wildman–Crippen LogP) is -5.04. The van der Waals surface area contributed by atoms with E-state index in [9.17, 15) is 0 Å². The third kappa shape index (κ3) is 36.1. The summed E-state index contributed by atoms with van der Waals surface area (Å²) in [4.78, 5) is 0. The van der Waals surface area contributed by atoms with E-state index in [2.05, 4.69) is 30.2 Å². The van der Waals surface area contributed by atoms with E-state index in [1.165, 1.54) is 0 Å². The van der Waals surface area contributed by atoms with Crippen molar-refractivity contribution in [3.8, 4) is 0 Å². The van der Waals surface area contributed by atoms with Crippen molar-refractivity contribution in [2.24, 2.45) is 0 Å². The van der Waals surface area contributed by atoms with Crippen molar-refractivity contribution in [3.63, 3.8) is 0 Å². The molecule has 0 aliphatic heterocycles. The van der Waals surface area contributed by atoms with Gasteiger partial charge in [-0.3, -0.25) is 0 Å². The second-order valence-corrected chi connectivity index (χ2v) is 1.89. The van der Waals surface area contributed by atoms with Crippen LogP contribution in [-0.2, 0) is 12.6 Å². The van der Waals surface area contributed by atoms with Gasteiger partial charge >= 0.3 is 29.6 Å². The van der Waals surface area contributed by atoms with Crippen molar-refractivity contribution in [1.29, 1.82) is 0 Å². The van der Waals surface area contributed by atoms with E-state index < -0.39 is 0 Å². The van der Waals surface area contributed by atoms with Crippen molar-refractivity contribution < 1.29 is 46.0 Å². The fraction of sp³-hybridized carbons (Fsp3) is 0.667. The molecule has 0 fully saturated rings. The quantitative estimate of drug-likeness (QED) is 0.258. The second kappa shape index (κ2) is 22.5. The molecule has 0 aromatic carbocycles. The maximum atomic E-state index is 4.50. The molecule has 7 N–H and O–H groups in total. The van der Waals surface area contributed by atoms with E-state index in [0.717, 1.165) is 6.54 Å². The minimum Gasteiger partial charge on any atom is -0.412 e. The Morgan fingerprint density at radius 2 is 1.70 bits per heavy atom. The average Bonchev–Trinajstić information content (AvgIpc) is 1.35. The van der Waals surface area contributed by atoms with Gasteiger partial charge in [0.2, 0.25) is 0 Å². The Balaban J connectivity index is -0.0000000208. The Kier molecular flexibility index (Phi) is 68.8. The number of nitrogens with one attached hydrogen (secondary N) is 1. The van der Waals surface area contributed by atoms with E-state index in [1.54, 1.807) is 0 Å². The fourth-order valence-corrected chi connectivity index (χ4v) is 0.433. The largest absolute Gasteiger partial charge is 1.00 e. The van der Waals surface area contributed by atoms with Crippen molar-refractivity contribution >= 4 is 29.2 Å². The molecule has 0 atom stereocenters. The van der Waals surface area contributed by atoms with Crippen LogP contribution in [0, 0.1) is 0 Å². The Hall–Kier alpha value is 0.990. The van der Waals surface area contributed by atoms with Crippen LogP contribution in [0.25, 0.3) is 0 Å². The summed E-state index contributed by atoms with van der Waals surface area (Å²) in [6.07, 6.45) is 0. The second-order valence-electron chi connectivity index (χ2n) is 0.818. The molecule has 0 aromatic rings. The van der Waals surface area contributed by atoms with Crippen LogP contribution in [-0.4, -0.2) is 27.3 Å². The summed E-state index contributed by atoms with van der Waals surface area (Å²) in [5.41, 5.74) is 0. The zero-order chi connectivity index (χ0) is 4.99. The van der Waals surface area contributed by atoms with Crippen LogP contribution in [0.15, 0.2) is 0 Å². The summed E-state index contributed by atoms with van der Waals surface area (Å²) in [5, 5.41) is 2.75. The van der Waals surface area contributed by atoms with Gasteiger partial charge in [0.05, 0.1) is 0 Å². The van der Waals surface area contributed by atoms with Gasteiger partial charge in [-0.2, -0.15) is 0 Å². The SMILES string of the molecule is CCNC(=S)[S-].O.O.O.[Na+]. The normalized spacial score (nSPS) is 4.50. The summed E-state index contributed by atoms with van der Waals surface area (Å²) >= 11 is 9.00. The number of hydrogen-bond acceptors (Lipinski definition) is 2. The van der Waals surface area contributed by atoms with Gasteiger partial charge in [-0.15, -0.1) is 0 Å². The van der Waals surface area contributed by atoms with Gasteiger partial charge in [-0.1, -0.05) is 4.32 Å². The third-order valence-corrected chi connectivity index (χ3v) is 0.610. The summed E-state index contributed by atoms with van der Waals surface area (Å²) in [6, 6.07) is 0. The molecule has 0 aliphatic carbocycles. The summed E-state index contributed by atoms with van der Waals surface area (Å²) < 4.78 is 0.456. The molecule has 0 saturated heterocycles. The van der Waals surface area contributed by atoms with E-state index in [4.69, 9.17) is 0 Å². The monoisotopic (exact) mass is 197 g/mol. The van der Waals surface area contributed by atoms with Crippen molar-refractivity contribution in [2.75, 3.05) is 6.54 Å². The molecule has 0 rings (SSSR count). The minimum absolute atomic E-state index is 0. The fourth-order valence-electron chi connectivity index (χ4n) is 0.144. The topological polar surface area (TPSA) is 107 Å². The summed E-state index contributed by atoms with van der Waals surface area (Å²) in [6.45, 7) is 2.79. The van der Waals surface area contributed by atoms with Crippen LogP contribution >= 0.6 is 12.2 Å². The Morgan fingerprint density at radius 3 is 1.70 bits per heavy atom. The zero-order valence-corrected chi connectivity index (χ0v) is 9.66. The molecule has 0 aliphatic rings. The van der Waals surface area contributed by atoms with Gasteiger partial charge in [0.15, 0.2) is 0 Å². The molecule has 0 unspecified atom stereocenters.